The van der Waals surface area contributed by atoms with Crippen molar-refractivity contribution in [2.24, 2.45) is 0 Å². The van der Waals surface area contributed by atoms with E-state index in [1.54, 1.807) is 26.2 Å². The molecular weight excluding hydrogens is 454 g/mol. The van der Waals surface area contributed by atoms with Gasteiger partial charge < -0.3 is 20.1 Å². The second-order valence-electron chi connectivity index (χ2n) is 9.55. The summed E-state index contributed by atoms with van der Waals surface area (Å²) < 4.78 is 33.8. The maximum Gasteiger partial charge on any atom is 0.295 e. The van der Waals surface area contributed by atoms with E-state index in [0.29, 0.717) is 17.1 Å². The van der Waals surface area contributed by atoms with Gasteiger partial charge in [0.2, 0.25) is 0 Å². The molecule has 1 fully saturated rings. The average molecular weight is 483 g/mol. The van der Waals surface area contributed by atoms with Gasteiger partial charge in [0.25, 0.3) is 11.8 Å². The lowest BCUT2D eigenvalue weighted by molar-refractivity contribution is -0.137. The smallest absolute Gasteiger partial charge is 0.295 e. The van der Waals surface area contributed by atoms with E-state index >= 15 is 0 Å². The molecule has 5 rings (SSSR count). The number of aliphatic hydroxyl groups excluding tert-OH is 1. The molecule has 0 radical (unpaired) electrons. The number of amides is 1. The molecule has 3 aromatic rings. The number of hydrogen-bond donors (Lipinski definition) is 2. The summed E-state index contributed by atoms with van der Waals surface area (Å²) in [6.45, 7) is 4.24. The molecule has 0 spiro atoms. The molecule has 2 atom stereocenters. The lowest BCUT2D eigenvalue weighted by Gasteiger charge is -2.22. The molecule has 1 aliphatic heterocycles. The lowest BCUT2D eigenvalue weighted by atomic mass is 9.94. The number of anilines is 2. The monoisotopic (exact) mass is 482 g/mol. The molecule has 0 saturated heterocycles. The number of nitrogens with one attached hydrogen (secondary N) is 1. The van der Waals surface area contributed by atoms with Crippen molar-refractivity contribution in [2.75, 3.05) is 23.9 Å². The Morgan fingerprint density at radius 1 is 1.26 bits per heavy atom. The fourth-order valence-electron chi connectivity index (χ4n) is 4.77. The Bertz CT molecular complexity index is 1330. The number of aryl methyl sites for hydroxylation is 1. The fourth-order valence-corrected chi connectivity index (χ4v) is 4.77. The minimum absolute atomic E-state index is 0.0733. The maximum absolute atomic E-state index is 14.0. The highest BCUT2D eigenvalue weighted by molar-refractivity contribution is 6.11. The van der Waals surface area contributed by atoms with Crippen molar-refractivity contribution in [2.45, 2.75) is 57.2 Å². The first-order valence-corrected chi connectivity index (χ1v) is 11.7. The molecule has 1 saturated carbocycles. The van der Waals surface area contributed by atoms with Gasteiger partial charge in [-0.05, 0) is 57.4 Å². The summed E-state index contributed by atoms with van der Waals surface area (Å²) in [4.78, 5) is 15.2. The number of carbonyl (C=O) groups excluding carboxylic acids is 1. The van der Waals surface area contributed by atoms with Crippen LogP contribution in [0.25, 0.3) is 10.8 Å². The van der Waals surface area contributed by atoms with Crippen molar-refractivity contribution in [3.8, 4) is 0 Å². The standard InChI is InChI=1S/C26H28F2N4O3/c1-14(16-6-5-7-17(10-16)26(27,28)13-33)29-23-20-12-22-21(11-19(20)15(2)30-31-23)25(3,35-4)24(34)32(22)18-8-9-18/h5-7,10-12,14,18,33H,8-9,13H2,1-4H3,(H,29,31)/t14-,25?/m1/s1. The molecule has 0 bridgehead atoms. The van der Waals surface area contributed by atoms with Crippen molar-refractivity contribution in [3.05, 3.63) is 58.8 Å². The largest absolute Gasteiger partial charge is 0.390 e. The number of nitrogens with zero attached hydrogens (tertiary/aromatic N) is 3. The Balaban J connectivity index is 1.57. The van der Waals surface area contributed by atoms with Gasteiger partial charge in [-0.25, -0.2) is 0 Å². The first kappa shape index (κ1) is 23.6. The second kappa shape index (κ2) is 8.20. The zero-order chi connectivity index (χ0) is 25.1. The van der Waals surface area contributed by atoms with Crippen LogP contribution < -0.4 is 10.2 Å². The van der Waals surface area contributed by atoms with Crippen LogP contribution in [0.1, 0.15) is 55.1 Å². The molecule has 1 aromatic heterocycles. The molecular formula is C26H28F2N4O3. The molecule has 2 heterocycles. The Labute approximate surface area is 202 Å². The van der Waals surface area contributed by atoms with Crippen LogP contribution in [-0.2, 0) is 21.1 Å². The van der Waals surface area contributed by atoms with E-state index in [-0.39, 0.29) is 23.6 Å². The SMILES string of the molecule is COC1(C)C(=O)N(C2CC2)c2cc3c(N[C@H](C)c4cccc(C(F)(F)CO)c4)nnc(C)c3cc21. The van der Waals surface area contributed by atoms with Gasteiger partial charge >= 0.3 is 0 Å². The first-order chi connectivity index (χ1) is 16.6. The van der Waals surface area contributed by atoms with E-state index < -0.39 is 18.1 Å². The molecule has 2 N–H and O–H groups in total. The number of ether oxygens (including phenoxy) is 1. The van der Waals surface area contributed by atoms with Crippen LogP contribution in [0.3, 0.4) is 0 Å². The number of benzene rings is 2. The van der Waals surface area contributed by atoms with E-state index in [9.17, 15) is 13.6 Å². The third-order valence-corrected chi connectivity index (χ3v) is 7.16. The third-order valence-electron chi connectivity index (χ3n) is 7.16. The minimum Gasteiger partial charge on any atom is -0.390 e. The highest BCUT2D eigenvalue weighted by atomic mass is 19.3. The predicted molar refractivity (Wildman–Crippen MR) is 129 cm³/mol. The van der Waals surface area contributed by atoms with Crippen LogP contribution in [0, 0.1) is 6.92 Å². The van der Waals surface area contributed by atoms with Gasteiger partial charge in [0.05, 0.1) is 17.4 Å². The summed E-state index contributed by atoms with van der Waals surface area (Å²) in [6, 6.07) is 9.67. The van der Waals surface area contributed by atoms with Gasteiger partial charge in [0.1, 0.15) is 6.61 Å². The summed E-state index contributed by atoms with van der Waals surface area (Å²) >= 11 is 0. The summed E-state index contributed by atoms with van der Waals surface area (Å²) in [5, 5.41) is 22.6. The topological polar surface area (TPSA) is 87.6 Å². The number of methoxy groups -OCH3 is 1. The Morgan fingerprint density at radius 2 is 2.00 bits per heavy atom. The first-order valence-electron chi connectivity index (χ1n) is 11.7. The molecule has 35 heavy (non-hydrogen) atoms. The lowest BCUT2D eigenvalue weighted by Crippen LogP contribution is -2.40. The third kappa shape index (κ3) is 3.73. The van der Waals surface area contributed by atoms with Crippen LogP contribution in [0.5, 0.6) is 0 Å². The van der Waals surface area contributed by atoms with Gasteiger partial charge in [-0.2, -0.15) is 13.9 Å². The van der Waals surface area contributed by atoms with Crippen molar-refractivity contribution < 1.29 is 23.4 Å². The summed E-state index contributed by atoms with van der Waals surface area (Å²) in [5.41, 5.74) is 1.62. The number of aromatic nitrogens is 2. The number of rotatable bonds is 7. The van der Waals surface area contributed by atoms with Crippen LogP contribution in [0.4, 0.5) is 20.3 Å². The van der Waals surface area contributed by atoms with E-state index in [1.165, 1.54) is 12.1 Å². The number of fused-ring (bicyclic) bond motifs is 2. The van der Waals surface area contributed by atoms with E-state index in [4.69, 9.17) is 9.84 Å². The van der Waals surface area contributed by atoms with Crippen molar-refractivity contribution >= 4 is 28.2 Å². The number of aliphatic hydroxyl groups is 1. The maximum atomic E-state index is 14.0. The highest BCUT2D eigenvalue weighted by Gasteiger charge is 2.52. The minimum atomic E-state index is -3.32. The van der Waals surface area contributed by atoms with Gasteiger partial charge in [-0.1, -0.05) is 18.2 Å². The molecule has 7 nitrogen and oxygen atoms in total. The average Bonchev–Trinajstić information content (AvgIpc) is 3.67. The van der Waals surface area contributed by atoms with E-state index in [2.05, 4.69) is 15.5 Å². The zero-order valence-electron chi connectivity index (χ0n) is 20.1. The van der Waals surface area contributed by atoms with Crippen LogP contribution in [0.15, 0.2) is 36.4 Å². The molecule has 9 heteroatoms. The van der Waals surface area contributed by atoms with Crippen molar-refractivity contribution in [3.63, 3.8) is 0 Å². The molecule has 184 valence electrons. The van der Waals surface area contributed by atoms with Gasteiger partial charge in [-0.3, -0.25) is 4.79 Å². The van der Waals surface area contributed by atoms with Gasteiger partial charge in [-0.15, -0.1) is 5.10 Å². The quantitative estimate of drug-likeness (QED) is 0.513. The summed E-state index contributed by atoms with van der Waals surface area (Å²) in [6.07, 6.45) is 1.90. The zero-order valence-corrected chi connectivity index (χ0v) is 20.1. The molecule has 2 aromatic carbocycles. The number of alkyl halides is 2. The van der Waals surface area contributed by atoms with Crippen LogP contribution in [0.2, 0.25) is 0 Å². The number of hydrogen-bond acceptors (Lipinski definition) is 6. The normalized spacial score (nSPS) is 20.9. The molecule has 1 aliphatic carbocycles. The van der Waals surface area contributed by atoms with Crippen LogP contribution >= 0.6 is 0 Å². The van der Waals surface area contributed by atoms with Gasteiger partial charge in [0.15, 0.2) is 11.4 Å². The van der Waals surface area contributed by atoms with Crippen molar-refractivity contribution in [1.29, 1.82) is 0 Å². The Kier molecular flexibility index (Phi) is 5.52. The fraction of sp³-hybridized carbons (Fsp3) is 0.423. The Hall–Kier alpha value is -3.17. The van der Waals surface area contributed by atoms with Crippen LogP contribution in [-0.4, -0.2) is 41.0 Å². The van der Waals surface area contributed by atoms with E-state index in [0.717, 1.165) is 34.9 Å². The van der Waals surface area contributed by atoms with Crippen molar-refractivity contribution in [1.82, 2.24) is 10.2 Å². The van der Waals surface area contributed by atoms with Gasteiger partial charge in [0, 0.05) is 35.1 Å². The number of carbonyl (C=O) groups is 1. The Morgan fingerprint density at radius 3 is 2.66 bits per heavy atom. The summed E-state index contributed by atoms with van der Waals surface area (Å²) in [5.74, 6) is -2.90. The molecule has 1 amide bonds. The summed E-state index contributed by atoms with van der Waals surface area (Å²) in [7, 11) is 1.54. The van der Waals surface area contributed by atoms with E-state index in [1.807, 2.05) is 30.9 Å². The number of halogens is 2. The molecule has 2 aliphatic rings. The molecule has 1 unspecified atom stereocenters. The predicted octanol–water partition coefficient (Wildman–Crippen LogP) is 4.57. The second-order valence-corrected chi connectivity index (χ2v) is 9.55. The highest BCUT2D eigenvalue weighted by Crippen LogP contribution is 2.49.